The van der Waals surface area contributed by atoms with Gasteiger partial charge in [0.25, 0.3) is 5.91 Å². The second kappa shape index (κ2) is 8.20. The van der Waals surface area contributed by atoms with Crippen LogP contribution in [0.25, 0.3) is 6.08 Å². The number of carbonyl (C=O) groups excluding carboxylic acids is 1. The van der Waals surface area contributed by atoms with Crippen LogP contribution in [0.4, 0.5) is 5.69 Å². The van der Waals surface area contributed by atoms with Crippen LogP contribution in [0.5, 0.6) is 5.75 Å². The van der Waals surface area contributed by atoms with Crippen molar-refractivity contribution in [2.45, 2.75) is 32.7 Å². The molecule has 0 unspecified atom stereocenters. The van der Waals surface area contributed by atoms with E-state index in [4.69, 9.17) is 4.74 Å². The summed E-state index contributed by atoms with van der Waals surface area (Å²) in [6.45, 7) is 5.93. The smallest absolute Gasteiger partial charge is 0.262 e. The number of benzene rings is 1. The summed E-state index contributed by atoms with van der Waals surface area (Å²) < 4.78 is 6.37. The van der Waals surface area contributed by atoms with Crippen LogP contribution in [0.1, 0.15) is 32.3 Å². The molecule has 0 radical (unpaired) electrons. The molecule has 24 heavy (non-hydrogen) atoms. The van der Waals surface area contributed by atoms with Crippen molar-refractivity contribution in [2.24, 2.45) is 0 Å². The Morgan fingerprint density at radius 2 is 2.12 bits per heavy atom. The highest BCUT2D eigenvalue weighted by Crippen LogP contribution is 2.35. The maximum absolute atomic E-state index is 12.1. The van der Waals surface area contributed by atoms with Gasteiger partial charge in [0, 0.05) is 35.2 Å². The van der Waals surface area contributed by atoms with Gasteiger partial charge in [-0.1, -0.05) is 0 Å². The number of hydrogen-bond donors (Lipinski definition) is 1. The molecule has 1 amide bonds. The minimum Gasteiger partial charge on any atom is -0.496 e. The maximum atomic E-state index is 12.1. The van der Waals surface area contributed by atoms with Crippen molar-refractivity contribution in [3.05, 3.63) is 27.7 Å². The van der Waals surface area contributed by atoms with Crippen LogP contribution < -0.4 is 15.0 Å². The molecule has 6 heteroatoms. The zero-order valence-corrected chi connectivity index (χ0v) is 15.8. The van der Waals surface area contributed by atoms with Crippen LogP contribution in [0.2, 0.25) is 0 Å². The lowest BCUT2D eigenvalue weighted by atomic mass is 10.1. The highest BCUT2D eigenvalue weighted by atomic mass is 79.9. The number of carbonyl (C=O) groups is 1. The van der Waals surface area contributed by atoms with E-state index in [2.05, 4.69) is 40.0 Å². The Balaban J connectivity index is 2.38. The van der Waals surface area contributed by atoms with Crippen molar-refractivity contribution in [2.75, 3.05) is 25.1 Å². The molecule has 1 aliphatic carbocycles. The standard InChI is InChI=1S/C18H22BrN3O2/c1-4-22(5-2)16-10-17(24-3)12(9-15(16)19)8-13(11-20)18(23)21-14-6-7-14/h8-10,14H,4-7H2,1-3H3,(H,21,23)/b13-8+. The molecule has 1 aliphatic rings. The molecule has 0 heterocycles. The van der Waals surface area contributed by atoms with Gasteiger partial charge in [0.2, 0.25) is 0 Å². The number of nitrogens with zero attached hydrogens (tertiary/aromatic N) is 2. The number of halogens is 1. The summed E-state index contributed by atoms with van der Waals surface area (Å²) in [6, 6.07) is 6.01. The Kier molecular flexibility index (Phi) is 6.27. The summed E-state index contributed by atoms with van der Waals surface area (Å²) in [5, 5.41) is 12.1. The van der Waals surface area contributed by atoms with E-state index in [1.165, 1.54) is 0 Å². The largest absolute Gasteiger partial charge is 0.496 e. The van der Waals surface area contributed by atoms with Gasteiger partial charge >= 0.3 is 0 Å². The van der Waals surface area contributed by atoms with Crippen molar-refractivity contribution in [3.63, 3.8) is 0 Å². The summed E-state index contributed by atoms with van der Waals surface area (Å²) in [5.74, 6) is 0.304. The average Bonchev–Trinajstić information content (AvgIpc) is 3.39. The monoisotopic (exact) mass is 391 g/mol. The van der Waals surface area contributed by atoms with E-state index >= 15 is 0 Å². The quantitative estimate of drug-likeness (QED) is 0.570. The van der Waals surface area contributed by atoms with Gasteiger partial charge < -0.3 is 15.0 Å². The number of rotatable bonds is 7. The molecule has 1 N–H and O–H groups in total. The zero-order chi connectivity index (χ0) is 17.7. The first-order valence-electron chi connectivity index (χ1n) is 8.09. The number of methoxy groups -OCH3 is 1. The van der Waals surface area contributed by atoms with Gasteiger partial charge in [-0.25, -0.2) is 0 Å². The van der Waals surface area contributed by atoms with Gasteiger partial charge in [0.1, 0.15) is 17.4 Å². The van der Waals surface area contributed by atoms with E-state index in [0.717, 1.165) is 36.1 Å². The Labute approximate surface area is 151 Å². The SMILES string of the molecule is CCN(CC)c1cc(OC)c(/C=C(\C#N)C(=O)NC2CC2)cc1Br. The van der Waals surface area contributed by atoms with Crippen LogP contribution >= 0.6 is 15.9 Å². The summed E-state index contributed by atoms with van der Waals surface area (Å²) >= 11 is 3.58. The Morgan fingerprint density at radius 1 is 1.46 bits per heavy atom. The zero-order valence-electron chi connectivity index (χ0n) is 14.2. The first-order chi connectivity index (χ1) is 11.5. The third kappa shape index (κ3) is 4.30. The summed E-state index contributed by atoms with van der Waals surface area (Å²) in [6.07, 6.45) is 3.54. The minimum atomic E-state index is -0.328. The van der Waals surface area contributed by atoms with Crippen LogP contribution in [0, 0.1) is 11.3 Å². The molecule has 1 saturated carbocycles. The van der Waals surface area contributed by atoms with Gasteiger partial charge in [0.15, 0.2) is 0 Å². The van der Waals surface area contributed by atoms with Gasteiger partial charge in [-0.3, -0.25) is 4.79 Å². The predicted octanol–water partition coefficient (Wildman–Crippen LogP) is 3.49. The number of nitriles is 1. The third-order valence-electron chi connectivity index (χ3n) is 3.98. The van der Waals surface area contributed by atoms with Gasteiger partial charge in [-0.2, -0.15) is 5.26 Å². The number of nitrogens with one attached hydrogen (secondary N) is 1. The van der Waals surface area contributed by atoms with Crippen molar-refractivity contribution in [1.82, 2.24) is 5.32 Å². The second-order valence-electron chi connectivity index (χ2n) is 5.64. The highest BCUT2D eigenvalue weighted by molar-refractivity contribution is 9.10. The fourth-order valence-electron chi connectivity index (χ4n) is 2.45. The number of amides is 1. The van der Waals surface area contributed by atoms with Gasteiger partial charge in [0.05, 0.1) is 12.8 Å². The first kappa shape index (κ1) is 18.3. The lowest BCUT2D eigenvalue weighted by Gasteiger charge is -2.23. The first-order valence-corrected chi connectivity index (χ1v) is 8.88. The van der Waals surface area contributed by atoms with Crippen molar-refractivity contribution in [1.29, 1.82) is 5.26 Å². The maximum Gasteiger partial charge on any atom is 0.262 e. The molecule has 1 aromatic carbocycles. The lowest BCUT2D eigenvalue weighted by Crippen LogP contribution is -2.26. The van der Waals surface area contributed by atoms with Crippen molar-refractivity contribution < 1.29 is 9.53 Å². The van der Waals surface area contributed by atoms with E-state index in [-0.39, 0.29) is 17.5 Å². The van der Waals surface area contributed by atoms with E-state index in [1.54, 1.807) is 13.2 Å². The van der Waals surface area contributed by atoms with E-state index < -0.39 is 0 Å². The molecule has 1 fully saturated rings. The van der Waals surface area contributed by atoms with E-state index in [0.29, 0.717) is 11.3 Å². The number of ether oxygens (including phenoxy) is 1. The van der Waals surface area contributed by atoms with Gasteiger partial charge in [-0.15, -0.1) is 0 Å². The lowest BCUT2D eigenvalue weighted by molar-refractivity contribution is -0.117. The molecule has 0 aliphatic heterocycles. The van der Waals surface area contributed by atoms with Crippen LogP contribution in [0.15, 0.2) is 22.2 Å². The molecule has 0 atom stereocenters. The normalized spacial score (nSPS) is 14.0. The Hall–Kier alpha value is -2.00. The average molecular weight is 392 g/mol. The summed E-state index contributed by atoms with van der Waals surface area (Å²) in [4.78, 5) is 14.3. The van der Waals surface area contributed by atoms with Crippen LogP contribution in [0.3, 0.4) is 0 Å². The second-order valence-corrected chi connectivity index (χ2v) is 6.49. The molecule has 0 aromatic heterocycles. The molecule has 0 saturated heterocycles. The fourth-order valence-corrected chi connectivity index (χ4v) is 3.06. The molecular weight excluding hydrogens is 370 g/mol. The molecule has 128 valence electrons. The predicted molar refractivity (Wildman–Crippen MR) is 99.0 cm³/mol. The van der Waals surface area contributed by atoms with Crippen molar-refractivity contribution in [3.8, 4) is 11.8 Å². The van der Waals surface area contributed by atoms with Crippen molar-refractivity contribution >= 4 is 33.6 Å². The molecule has 0 bridgehead atoms. The molecule has 1 aromatic rings. The highest BCUT2D eigenvalue weighted by Gasteiger charge is 2.25. The Morgan fingerprint density at radius 3 is 2.62 bits per heavy atom. The van der Waals surface area contributed by atoms with E-state index in [9.17, 15) is 10.1 Å². The molecule has 5 nitrogen and oxygen atoms in total. The van der Waals surface area contributed by atoms with Crippen LogP contribution in [-0.4, -0.2) is 32.1 Å². The fraction of sp³-hybridized carbons (Fsp3) is 0.444. The third-order valence-corrected chi connectivity index (χ3v) is 4.62. The molecule has 2 rings (SSSR count). The topological polar surface area (TPSA) is 65.4 Å². The molecular formula is C18H22BrN3O2. The summed E-state index contributed by atoms with van der Waals surface area (Å²) in [7, 11) is 1.59. The number of hydrogen-bond acceptors (Lipinski definition) is 4. The number of anilines is 1. The van der Waals surface area contributed by atoms with Crippen LogP contribution in [-0.2, 0) is 4.79 Å². The Bertz CT molecular complexity index is 686. The molecule has 0 spiro atoms. The van der Waals surface area contributed by atoms with Gasteiger partial charge in [-0.05, 0) is 54.8 Å². The van der Waals surface area contributed by atoms with E-state index in [1.807, 2.05) is 18.2 Å². The summed E-state index contributed by atoms with van der Waals surface area (Å²) in [5.41, 5.74) is 1.81. The minimum absolute atomic E-state index is 0.0858.